The summed E-state index contributed by atoms with van der Waals surface area (Å²) in [7, 11) is 1.64. The molecule has 0 amide bonds. The molecule has 1 atom stereocenters. The molecule has 0 bridgehead atoms. The predicted octanol–water partition coefficient (Wildman–Crippen LogP) is 1.63. The van der Waals surface area contributed by atoms with Gasteiger partial charge in [-0.15, -0.1) is 0 Å². The summed E-state index contributed by atoms with van der Waals surface area (Å²) in [4.78, 5) is 9.11. The van der Waals surface area contributed by atoms with Gasteiger partial charge in [0.2, 0.25) is 11.7 Å². The molecule has 2 heterocycles. The van der Waals surface area contributed by atoms with Gasteiger partial charge in [0.15, 0.2) is 0 Å². The van der Waals surface area contributed by atoms with Crippen molar-refractivity contribution in [2.75, 3.05) is 39.8 Å². The van der Waals surface area contributed by atoms with Crippen LogP contribution in [0, 0.1) is 0 Å². The number of rotatable bonds is 7. The number of aromatic nitrogens is 2. The van der Waals surface area contributed by atoms with E-state index in [0.717, 1.165) is 50.5 Å². The maximum atomic E-state index is 9.76. The van der Waals surface area contributed by atoms with Crippen LogP contribution >= 0.6 is 0 Å². The Labute approximate surface area is 148 Å². The van der Waals surface area contributed by atoms with E-state index >= 15 is 0 Å². The first kappa shape index (κ1) is 17.8. The molecule has 0 unspecified atom stereocenters. The van der Waals surface area contributed by atoms with E-state index < -0.39 is 0 Å². The van der Waals surface area contributed by atoms with Crippen molar-refractivity contribution < 1.29 is 14.4 Å². The van der Waals surface area contributed by atoms with Crippen molar-refractivity contribution in [1.29, 1.82) is 0 Å². The Bertz CT molecular complexity index is 651. The van der Waals surface area contributed by atoms with Gasteiger partial charge in [-0.2, -0.15) is 4.98 Å². The number of nitrogens with zero attached hydrogens (tertiary/aromatic N) is 4. The molecule has 0 spiro atoms. The second kappa shape index (κ2) is 8.42. The molecule has 0 saturated carbocycles. The van der Waals surface area contributed by atoms with Gasteiger partial charge in [0, 0.05) is 38.3 Å². The number of ether oxygens (including phenoxy) is 1. The highest BCUT2D eigenvalue weighted by Gasteiger charge is 2.20. The standard InChI is InChI=1S/C18H26N4O3/c1-3-15(23)12-21-8-10-22(11-9-21)13-17-19-18(20-25-17)14-4-6-16(24-2)7-5-14/h4-7,15,23H,3,8-13H2,1-2H3/t15-/m0/s1. The quantitative estimate of drug-likeness (QED) is 0.817. The molecule has 1 aliphatic heterocycles. The van der Waals surface area contributed by atoms with Crippen molar-refractivity contribution in [3.63, 3.8) is 0 Å². The largest absolute Gasteiger partial charge is 0.497 e. The van der Waals surface area contributed by atoms with Crippen LogP contribution in [0.3, 0.4) is 0 Å². The number of aliphatic hydroxyl groups excluding tert-OH is 1. The molecule has 2 aromatic rings. The lowest BCUT2D eigenvalue weighted by Gasteiger charge is -2.34. The zero-order valence-corrected chi connectivity index (χ0v) is 14.9. The Morgan fingerprint density at radius 3 is 2.48 bits per heavy atom. The molecule has 1 fully saturated rings. The molecule has 1 N–H and O–H groups in total. The van der Waals surface area contributed by atoms with Crippen molar-refractivity contribution in [3.05, 3.63) is 30.2 Å². The van der Waals surface area contributed by atoms with E-state index in [-0.39, 0.29) is 6.10 Å². The van der Waals surface area contributed by atoms with Gasteiger partial charge in [-0.1, -0.05) is 12.1 Å². The van der Waals surface area contributed by atoms with E-state index in [0.29, 0.717) is 18.3 Å². The summed E-state index contributed by atoms with van der Waals surface area (Å²) in [6.07, 6.45) is 0.575. The third kappa shape index (κ3) is 4.78. The smallest absolute Gasteiger partial charge is 0.241 e. The van der Waals surface area contributed by atoms with Gasteiger partial charge < -0.3 is 14.4 Å². The lowest BCUT2D eigenvalue weighted by molar-refractivity contribution is 0.0651. The summed E-state index contributed by atoms with van der Waals surface area (Å²) in [6.45, 7) is 7.22. The molecule has 136 valence electrons. The van der Waals surface area contributed by atoms with Crippen LogP contribution in [0.15, 0.2) is 28.8 Å². The maximum Gasteiger partial charge on any atom is 0.241 e. The van der Waals surface area contributed by atoms with Crippen LogP contribution < -0.4 is 4.74 Å². The van der Waals surface area contributed by atoms with Gasteiger partial charge >= 0.3 is 0 Å². The van der Waals surface area contributed by atoms with Crippen LogP contribution in [0.2, 0.25) is 0 Å². The summed E-state index contributed by atoms with van der Waals surface area (Å²) < 4.78 is 10.6. The van der Waals surface area contributed by atoms with Crippen LogP contribution in [0.4, 0.5) is 0 Å². The maximum absolute atomic E-state index is 9.76. The topological polar surface area (TPSA) is 74.9 Å². The van der Waals surface area contributed by atoms with Crippen molar-refractivity contribution in [2.24, 2.45) is 0 Å². The van der Waals surface area contributed by atoms with E-state index in [2.05, 4.69) is 19.9 Å². The van der Waals surface area contributed by atoms with Crippen molar-refractivity contribution in [1.82, 2.24) is 19.9 Å². The third-order valence-corrected chi connectivity index (χ3v) is 4.58. The van der Waals surface area contributed by atoms with Gasteiger partial charge in [0.1, 0.15) is 5.75 Å². The van der Waals surface area contributed by atoms with Gasteiger partial charge in [-0.05, 0) is 30.7 Å². The molecule has 1 aromatic carbocycles. The fourth-order valence-corrected chi connectivity index (χ4v) is 2.92. The molecule has 7 nitrogen and oxygen atoms in total. The number of hydrogen-bond acceptors (Lipinski definition) is 7. The van der Waals surface area contributed by atoms with E-state index in [1.165, 1.54) is 0 Å². The van der Waals surface area contributed by atoms with Gasteiger partial charge in [-0.3, -0.25) is 9.80 Å². The summed E-state index contributed by atoms with van der Waals surface area (Å²) in [5, 5.41) is 13.8. The number of aliphatic hydroxyl groups is 1. The molecular weight excluding hydrogens is 320 g/mol. The van der Waals surface area contributed by atoms with Crippen molar-refractivity contribution in [2.45, 2.75) is 26.0 Å². The highest BCUT2D eigenvalue weighted by Crippen LogP contribution is 2.20. The molecular formula is C18H26N4O3. The lowest BCUT2D eigenvalue weighted by Crippen LogP contribution is -2.48. The van der Waals surface area contributed by atoms with Crippen molar-refractivity contribution in [3.8, 4) is 17.1 Å². The second-order valence-corrected chi connectivity index (χ2v) is 6.38. The van der Waals surface area contributed by atoms with Gasteiger partial charge in [-0.25, -0.2) is 0 Å². The van der Waals surface area contributed by atoms with E-state index in [4.69, 9.17) is 9.26 Å². The van der Waals surface area contributed by atoms with Crippen molar-refractivity contribution >= 4 is 0 Å². The third-order valence-electron chi connectivity index (χ3n) is 4.58. The van der Waals surface area contributed by atoms with Crippen LogP contribution in [0.5, 0.6) is 5.75 Å². The molecule has 0 aliphatic carbocycles. The summed E-state index contributed by atoms with van der Waals surface area (Å²) >= 11 is 0. The van der Waals surface area contributed by atoms with Crippen LogP contribution in [0.25, 0.3) is 11.4 Å². The predicted molar refractivity (Wildman–Crippen MR) is 94.3 cm³/mol. The van der Waals surface area contributed by atoms with E-state index in [1.807, 2.05) is 31.2 Å². The molecule has 25 heavy (non-hydrogen) atoms. The monoisotopic (exact) mass is 346 g/mol. The first-order valence-corrected chi connectivity index (χ1v) is 8.77. The van der Waals surface area contributed by atoms with E-state index in [9.17, 15) is 5.11 Å². The Balaban J connectivity index is 1.52. The number of β-amino-alcohol motifs (C(OH)–C–C–N with tert-alkyl or cyclic N) is 1. The summed E-state index contributed by atoms with van der Waals surface area (Å²) in [6, 6.07) is 7.61. The molecule has 0 radical (unpaired) electrons. The Hall–Kier alpha value is -1.96. The highest BCUT2D eigenvalue weighted by atomic mass is 16.5. The zero-order chi connectivity index (χ0) is 17.6. The molecule has 3 rings (SSSR count). The molecule has 1 aliphatic rings. The van der Waals surface area contributed by atoms with Crippen LogP contribution in [-0.4, -0.2) is 71.0 Å². The minimum atomic E-state index is -0.227. The number of methoxy groups -OCH3 is 1. The molecule has 7 heteroatoms. The second-order valence-electron chi connectivity index (χ2n) is 6.38. The normalized spacial score (nSPS) is 17.6. The summed E-state index contributed by atoms with van der Waals surface area (Å²) in [5.74, 6) is 2.04. The first-order valence-electron chi connectivity index (χ1n) is 8.77. The van der Waals surface area contributed by atoms with Crippen LogP contribution in [-0.2, 0) is 6.54 Å². The average molecular weight is 346 g/mol. The Kier molecular flexibility index (Phi) is 6.01. The minimum absolute atomic E-state index is 0.227. The fourth-order valence-electron chi connectivity index (χ4n) is 2.92. The lowest BCUT2D eigenvalue weighted by atomic mass is 10.2. The number of benzene rings is 1. The number of piperazine rings is 1. The zero-order valence-electron chi connectivity index (χ0n) is 14.9. The SMILES string of the molecule is CC[C@H](O)CN1CCN(Cc2nc(-c3ccc(OC)cc3)no2)CC1. The highest BCUT2D eigenvalue weighted by molar-refractivity contribution is 5.55. The summed E-state index contributed by atoms with van der Waals surface area (Å²) in [5.41, 5.74) is 0.911. The Morgan fingerprint density at radius 1 is 1.16 bits per heavy atom. The average Bonchev–Trinajstić information content (AvgIpc) is 3.12. The van der Waals surface area contributed by atoms with Gasteiger partial charge in [0.05, 0.1) is 19.8 Å². The van der Waals surface area contributed by atoms with Crippen LogP contribution in [0.1, 0.15) is 19.2 Å². The molecule has 1 saturated heterocycles. The van der Waals surface area contributed by atoms with E-state index in [1.54, 1.807) is 7.11 Å². The number of hydrogen-bond donors (Lipinski definition) is 1. The Morgan fingerprint density at radius 2 is 1.84 bits per heavy atom. The first-order chi connectivity index (χ1) is 12.2. The minimum Gasteiger partial charge on any atom is -0.497 e. The fraction of sp³-hybridized carbons (Fsp3) is 0.556. The van der Waals surface area contributed by atoms with Gasteiger partial charge in [0.25, 0.3) is 0 Å². The molecule has 1 aromatic heterocycles.